The van der Waals surface area contributed by atoms with Gasteiger partial charge in [0, 0.05) is 11.0 Å². The molecule has 0 aliphatic heterocycles. The van der Waals surface area contributed by atoms with Gasteiger partial charge in [-0.3, -0.25) is 4.79 Å². The number of hydrogen-bond donors (Lipinski definition) is 2. The second-order valence-corrected chi connectivity index (χ2v) is 5.94. The van der Waals surface area contributed by atoms with E-state index in [1.165, 1.54) is 6.42 Å². The highest BCUT2D eigenvalue weighted by Crippen LogP contribution is 2.26. The third kappa shape index (κ3) is 4.48. The van der Waals surface area contributed by atoms with Crippen LogP contribution < -0.4 is 11.1 Å². The Kier molecular flexibility index (Phi) is 6.30. The molecule has 3 N–H and O–H groups in total. The van der Waals surface area contributed by atoms with Crippen molar-refractivity contribution in [3.63, 3.8) is 0 Å². The van der Waals surface area contributed by atoms with Crippen LogP contribution in [0.25, 0.3) is 0 Å². The first-order valence-corrected chi connectivity index (χ1v) is 7.21. The molecule has 0 spiro atoms. The second-order valence-electron chi connectivity index (χ2n) is 5.03. The van der Waals surface area contributed by atoms with E-state index in [0.717, 1.165) is 35.7 Å². The number of nitrogens with one attached hydrogen (secondary N) is 1. The molecule has 0 unspecified atom stereocenters. The number of hydrogen-bond acceptors (Lipinski definition) is 2. The molecule has 0 radical (unpaired) electrons. The Morgan fingerprint density at radius 3 is 2.37 bits per heavy atom. The van der Waals surface area contributed by atoms with Crippen molar-refractivity contribution in [1.82, 2.24) is 5.32 Å². The van der Waals surface area contributed by atoms with Gasteiger partial charge in [0.25, 0.3) is 0 Å². The number of amides is 1. The molecule has 1 amide bonds. The fraction of sp³-hybridized carbons (Fsp3) is 0.500. The molecule has 1 aromatic rings. The van der Waals surface area contributed by atoms with Crippen molar-refractivity contribution in [1.29, 1.82) is 0 Å². The molecule has 0 bridgehead atoms. The van der Waals surface area contributed by atoms with E-state index >= 15 is 0 Å². The van der Waals surface area contributed by atoms with E-state index in [0.29, 0.717) is 6.54 Å². The molecule has 0 atom stereocenters. The van der Waals surface area contributed by atoms with Gasteiger partial charge >= 0.3 is 0 Å². The van der Waals surface area contributed by atoms with Crippen LogP contribution in [0.1, 0.15) is 37.7 Å². The van der Waals surface area contributed by atoms with Crippen LogP contribution in [0.3, 0.4) is 0 Å². The third-order valence-corrected chi connectivity index (χ3v) is 4.09. The molecule has 1 saturated carbocycles. The fourth-order valence-electron chi connectivity index (χ4n) is 2.37. The highest BCUT2D eigenvalue weighted by Gasteiger charge is 2.34. The van der Waals surface area contributed by atoms with Crippen LogP contribution in [0.15, 0.2) is 28.7 Å². The van der Waals surface area contributed by atoms with Crippen molar-refractivity contribution >= 4 is 34.2 Å². The van der Waals surface area contributed by atoms with Gasteiger partial charge in [0.05, 0.1) is 5.54 Å². The van der Waals surface area contributed by atoms with Gasteiger partial charge in [0.15, 0.2) is 0 Å². The van der Waals surface area contributed by atoms with Gasteiger partial charge in [-0.15, -0.1) is 12.4 Å². The summed E-state index contributed by atoms with van der Waals surface area (Å²) in [5, 5.41) is 2.95. The first kappa shape index (κ1) is 16.5. The van der Waals surface area contributed by atoms with Crippen LogP contribution in [0, 0.1) is 0 Å². The minimum Gasteiger partial charge on any atom is -0.350 e. The van der Waals surface area contributed by atoms with Crippen LogP contribution in [-0.4, -0.2) is 11.4 Å². The molecule has 1 aromatic carbocycles. The molecule has 106 valence electrons. The number of nitrogens with two attached hydrogens (primary N) is 1. The maximum atomic E-state index is 12.1. The van der Waals surface area contributed by atoms with Crippen molar-refractivity contribution in [2.45, 2.75) is 44.2 Å². The lowest BCUT2D eigenvalue weighted by molar-refractivity contribution is -0.127. The zero-order valence-corrected chi connectivity index (χ0v) is 13.2. The molecule has 5 heteroatoms. The molecule has 0 aromatic heterocycles. The Bertz CT molecular complexity index is 416. The molecule has 1 fully saturated rings. The zero-order chi connectivity index (χ0) is 13.0. The Balaban J connectivity index is 0.00000180. The summed E-state index contributed by atoms with van der Waals surface area (Å²) in [5.41, 5.74) is 6.61. The highest BCUT2D eigenvalue weighted by molar-refractivity contribution is 9.10. The predicted molar refractivity (Wildman–Crippen MR) is 83.2 cm³/mol. The SMILES string of the molecule is Cl.NC1(C(=O)NCc2ccc(Br)cc2)CCCCC1. The van der Waals surface area contributed by atoms with Gasteiger partial charge < -0.3 is 11.1 Å². The number of halogens is 2. The summed E-state index contributed by atoms with van der Waals surface area (Å²) in [6.45, 7) is 0.547. The minimum absolute atomic E-state index is 0. The van der Waals surface area contributed by atoms with Crippen molar-refractivity contribution in [2.75, 3.05) is 0 Å². The van der Waals surface area contributed by atoms with Crippen molar-refractivity contribution in [3.05, 3.63) is 34.3 Å². The Morgan fingerprint density at radius 1 is 1.21 bits per heavy atom. The van der Waals surface area contributed by atoms with E-state index in [1.807, 2.05) is 24.3 Å². The molecule has 19 heavy (non-hydrogen) atoms. The van der Waals surface area contributed by atoms with E-state index in [9.17, 15) is 4.79 Å². The lowest BCUT2D eigenvalue weighted by Crippen LogP contribution is -2.54. The lowest BCUT2D eigenvalue weighted by Gasteiger charge is -2.31. The zero-order valence-electron chi connectivity index (χ0n) is 10.8. The lowest BCUT2D eigenvalue weighted by atomic mass is 9.82. The van der Waals surface area contributed by atoms with Crippen LogP contribution in [0.4, 0.5) is 0 Å². The molecule has 1 aliphatic rings. The normalized spacial score (nSPS) is 17.4. The van der Waals surface area contributed by atoms with Crippen molar-refractivity contribution < 1.29 is 4.79 Å². The summed E-state index contributed by atoms with van der Waals surface area (Å²) < 4.78 is 1.04. The molecule has 0 saturated heterocycles. The summed E-state index contributed by atoms with van der Waals surface area (Å²) in [5.74, 6) is -0.00915. The molecule has 2 rings (SSSR count). The largest absolute Gasteiger partial charge is 0.350 e. The topological polar surface area (TPSA) is 55.1 Å². The average Bonchev–Trinajstić information content (AvgIpc) is 2.38. The maximum Gasteiger partial charge on any atom is 0.240 e. The minimum atomic E-state index is -0.645. The van der Waals surface area contributed by atoms with Gasteiger partial charge in [-0.2, -0.15) is 0 Å². The average molecular weight is 348 g/mol. The van der Waals surface area contributed by atoms with Crippen LogP contribution in [-0.2, 0) is 11.3 Å². The maximum absolute atomic E-state index is 12.1. The van der Waals surface area contributed by atoms with Crippen molar-refractivity contribution in [3.8, 4) is 0 Å². The first-order chi connectivity index (χ1) is 8.60. The number of rotatable bonds is 3. The number of carbonyl (C=O) groups excluding carboxylic acids is 1. The van der Waals surface area contributed by atoms with Gasteiger partial charge in [0.2, 0.25) is 5.91 Å². The van der Waals surface area contributed by atoms with E-state index in [1.54, 1.807) is 0 Å². The summed E-state index contributed by atoms with van der Waals surface area (Å²) in [4.78, 5) is 12.1. The van der Waals surface area contributed by atoms with E-state index in [-0.39, 0.29) is 18.3 Å². The highest BCUT2D eigenvalue weighted by atomic mass is 79.9. The molecule has 3 nitrogen and oxygen atoms in total. The van der Waals surface area contributed by atoms with Crippen molar-refractivity contribution in [2.24, 2.45) is 5.73 Å². The summed E-state index contributed by atoms with van der Waals surface area (Å²) >= 11 is 3.39. The molecule has 1 aliphatic carbocycles. The smallest absolute Gasteiger partial charge is 0.240 e. The van der Waals surface area contributed by atoms with Crippen LogP contribution in [0.2, 0.25) is 0 Å². The summed E-state index contributed by atoms with van der Waals surface area (Å²) in [6.07, 6.45) is 4.92. The fourth-order valence-corrected chi connectivity index (χ4v) is 2.63. The molecular formula is C14H20BrClN2O. The second kappa shape index (κ2) is 7.27. The van der Waals surface area contributed by atoms with E-state index < -0.39 is 5.54 Å². The van der Waals surface area contributed by atoms with Gasteiger partial charge in [-0.1, -0.05) is 47.3 Å². The Labute approximate surface area is 128 Å². The quantitative estimate of drug-likeness (QED) is 0.882. The molecule has 0 heterocycles. The third-order valence-electron chi connectivity index (χ3n) is 3.56. The first-order valence-electron chi connectivity index (χ1n) is 6.42. The Morgan fingerprint density at radius 2 is 1.79 bits per heavy atom. The predicted octanol–water partition coefficient (Wildman–Crippen LogP) is 3.15. The van der Waals surface area contributed by atoms with Crippen LogP contribution >= 0.6 is 28.3 Å². The molecular weight excluding hydrogens is 328 g/mol. The Hall–Kier alpha value is -0.580. The van der Waals surface area contributed by atoms with E-state index in [4.69, 9.17) is 5.73 Å². The van der Waals surface area contributed by atoms with Crippen LogP contribution in [0.5, 0.6) is 0 Å². The number of carbonyl (C=O) groups is 1. The standard InChI is InChI=1S/C14H19BrN2O.ClH/c15-12-6-4-11(5-7-12)10-17-13(18)14(16)8-2-1-3-9-14;/h4-7H,1-3,8-10,16H2,(H,17,18);1H. The van der Waals surface area contributed by atoms with Gasteiger partial charge in [-0.05, 0) is 30.5 Å². The summed E-state index contributed by atoms with van der Waals surface area (Å²) in [6, 6.07) is 7.93. The monoisotopic (exact) mass is 346 g/mol. The van der Waals surface area contributed by atoms with Gasteiger partial charge in [-0.25, -0.2) is 0 Å². The summed E-state index contributed by atoms with van der Waals surface area (Å²) in [7, 11) is 0. The van der Waals surface area contributed by atoms with Gasteiger partial charge in [0.1, 0.15) is 0 Å². The number of benzene rings is 1. The van der Waals surface area contributed by atoms with E-state index in [2.05, 4.69) is 21.2 Å².